The van der Waals surface area contributed by atoms with Gasteiger partial charge in [-0.1, -0.05) is 12.8 Å². The molecular formula is C18H24N6O4S. The average molecular weight is 420 g/mol. The molecule has 1 aliphatic carbocycles. The molecule has 4 rings (SSSR count). The van der Waals surface area contributed by atoms with E-state index in [2.05, 4.69) is 15.5 Å². The Hall–Kier alpha value is -2.53. The number of nitro benzene ring substituents is 1. The second-order valence-electron chi connectivity index (χ2n) is 7.49. The van der Waals surface area contributed by atoms with Crippen molar-refractivity contribution >= 4 is 21.4 Å². The molecule has 10 nitrogen and oxygen atoms in total. The quantitative estimate of drug-likeness (QED) is 0.539. The Morgan fingerprint density at radius 3 is 2.55 bits per heavy atom. The van der Waals surface area contributed by atoms with Crippen LogP contribution in [-0.2, 0) is 16.6 Å². The summed E-state index contributed by atoms with van der Waals surface area (Å²) in [6, 6.07) is 4.44. The summed E-state index contributed by atoms with van der Waals surface area (Å²) in [5.41, 5.74) is -0.00597. The van der Waals surface area contributed by atoms with Gasteiger partial charge in [0.25, 0.3) is 5.69 Å². The average Bonchev–Trinajstić information content (AvgIpc) is 3.49. The molecule has 1 aromatic heterocycles. The van der Waals surface area contributed by atoms with Crippen molar-refractivity contribution in [1.82, 2.24) is 19.1 Å². The zero-order valence-corrected chi connectivity index (χ0v) is 16.8. The monoisotopic (exact) mass is 420 g/mol. The summed E-state index contributed by atoms with van der Waals surface area (Å²) in [4.78, 5) is 11.0. The Labute approximate surface area is 169 Å². The lowest BCUT2D eigenvalue weighted by Gasteiger charge is -2.20. The molecule has 0 radical (unpaired) electrons. The molecule has 1 aliphatic heterocycles. The van der Waals surface area contributed by atoms with Crippen LogP contribution in [0.2, 0.25) is 0 Å². The first-order valence-electron chi connectivity index (χ1n) is 9.87. The van der Waals surface area contributed by atoms with Gasteiger partial charge in [-0.05, 0) is 37.8 Å². The summed E-state index contributed by atoms with van der Waals surface area (Å²) in [5.74, 6) is 0.697. The van der Waals surface area contributed by atoms with Crippen molar-refractivity contribution in [2.24, 2.45) is 0 Å². The van der Waals surface area contributed by atoms with E-state index in [-0.39, 0.29) is 22.8 Å². The molecule has 2 aliphatic rings. The van der Waals surface area contributed by atoms with E-state index in [4.69, 9.17) is 0 Å². The van der Waals surface area contributed by atoms with Crippen molar-refractivity contribution in [1.29, 1.82) is 0 Å². The van der Waals surface area contributed by atoms with Crippen molar-refractivity contribution in [2.75, 3.05) is 18.4 Å². The van der Waals surface area contributed by atoms with Gasteiger partial charge >= 0.3 is 0 Å². The van der Waals surface area contributed by atoms with Gasteiger partial charge in [0, 0.05) is 25.2 Å². The fourth-order valence-electron chi connectivity index (χ4n) is 3.63. The van der Waals surface area contributed by atoms with Crippen molar-refractivity contribution in [3.63, 3.8) is 0 Å². The van der Waals surface area contributed by atoms with E-state index in [1.54, 1.807) is 6.33 Å². The highest BCUT2D eigenvalue weighted by molar-refractivity contribution is 7.89. The summed E-state index contributed by atoms with van der Waals surface area (Å²) in [6.45, 7) is 1.18. The lowest BCUT2D eigenvalue weighted by atomic mass is 10.2. The third-order valence-corrected chi connectivity index (χ3v) is 7.29. The zero-order chi connectivity index (χ0) is 20.4. The molecule has 11 heteroatoms. The summed E-state index contributed by atoms with van der Waals surface area (Å²) in [6.07, 6.45) is 7.44. The van der Waals surface area contributed by atoms with Crippen LogP contribution in [0.25, 0.3) is 0 Å². The minimum absolute atomic E-state index is 0.0437. The molecule has 0 atom stereocenters. The number of anilines is 1. The number of hydrogen-bond acceptors (Lipinski definition) is 7. The molecule has 29 heavy (non-hydrogen) atoms. The Balaban J connectivity index is 1.56. The normalized spacial score (nSPS) is 18.3. The van der Waals surface area contributed by atoms with Crippen LogP contribution in [0, 0.1) is 10.1 Å². The SMILES string of the molecule is O=[N+]([O-])c1cc(S(=O)(=O)N2CCCCCC2)ccc1NCc1nncn1C1CC1. The summed E-state index contributed by atoms with van der Waals surface area (Å²) < 4.78 is 29.3. The lowest BCUT2D eigenvalue weighted by molar-refractivity contribution is -0.384. The van der Waals surface area contributed by atoms with Crippen LogP contribution in [0.1, 0.15) is 50.4 Å². The highest BCUT2D eigenvalue weighted by atomic mass is 32.2. The van der Waals surface area contributed by atoms with Gasteiger partial charge in [-0.3, -0.25) is 10.1 Å². The smallest absolute Gasteiger partial charge is 0.293 e. The largest absolute Gasteiger partial charge is 0.372 e. The first-order valence-corrected chi connectivity index (χ1v) is 11.3. The summed E-state index contributed by atoms with van der Waals surface area (Å²) >= 11 is 0. The van der Waals surface area contributed by atoms with Gasteiger partial charge in [0.15, 0.2) is 5.82 Å². The number of sulfonamides is 1. The van der Waals surface area contributed by atoms with Crippen LogP contribution < -0.4 is 5.32 Å². The fourth-order valence-corrected chi connectivity index (χ4v) is 5.17. The molecule has 156 valence electrons. The van der Waals surface area contributed by atoms with E-state index in [0.717, 1.165) is 44.6 Å². The van der Waals surface area contributed by atoms with Gasteiger partial charge < -0.3 is 9.88 Å². The van der Waals surface area contributed by atoms with Crippen molar-refractivity contribution in [3.8, 4) is 0 Å². The Bertz CT molecular complexity index is 994. The van der Waals surface area contributed by atoms with Crippen LogP contribution in [0.15, 0.2) is 29.4 Å². The van der Waals surface area contributed by atoms with E-state index < -0.39 is 14.9 Å². The number of nitrogens with zero attached hydrogens (tertiary/aromatic N) is 5. The molecule has 1 saturated carbocycles. The van der Waals surface area contributed by atoms with Crippen LogP contribution >= 0.6 is 0 Å². The molecule has 0 spiro atoms. The second kappa shape index (κ2) is 8.07. The highest BCUT2D eigenvalue weighted by Crippen LogP contribution is 2.35. The Morgan fingerprint density at radius 1 is 1.17 bits per heavy atom. The molecule has 0 bridgehead atoms. The number of benzene rings is 1. The highest BCUT2D eigenvalue weighted by Gasteiger charge is 2.29. The van der Waals surface area contributed by atoms with Gasteiger partial charge in [0.1, 0.15) is 12.0 Å². The van der Waals surface area contributed by atoms with Gasteiger partial charge in [0.2, 0.25) is 10.0 Å². The molecule has 2 aromatic rings. The minimum Gasteiger partial charge on any atom is -0.372 e. The predicted molar refractivity (Wildman–Crippen MR) is 106 cm³/mol. The minimum atomic E-state index is -3.75. The Morgan fingerprint density at radius 2 is 1.90 bits per heavy atom. The molecule has 0 amide bonds. The molecule has 2 fully saturated rings. The number of nitrogens with one attached hydrogen (secondary N) is 1. The van der Waals surface area contributed by atoms with E-state index >= 15 is 0 Å². The molecule has 1 saturated heterocycles. The summed E-state index contributed by atoms with van der Waals surface area (Å²) in [5, 5.41) is 22.6. The lowest BCUT2D eigenvalue weighted by Crippen LogP contribution is -2.32. The third kappa shape index (κ3) is 4.25. The maximum Gasteiger partial charge on any atom is 0.293 e. The predicted octanol–water partition coefficient (Wildman–Crippen LogP) is 2.70. The number of hydrogen-bond donors (Lipinski definition) is 1. The van der Waals surface area contributed by atoms with Crippen LogP contribution in [0.5, 0.6) is 0 Å². The summed E-state index contributed by atoms with van der Waals surface area (Å²) in [7, 11) is -3.75. The molecular weight excluding hydrogens is 396 g/mol. The van der Waals surface area contributed by atoms with Crippen LogP contribution in [0.3, 0.4) is 0 Å². The topological polar surface area (TPSA) is 123 Å². The van der Waals surface area contributed by atoms with Crippen LogP contribution in [-0.4, -0.2) is 45.5 Å². The second-order valence-corrected chi connectivity index (χ2v) is 9.43. The zero-order valence-electron chi connectivity index (χ0n) is 16.0. The molecule has 2 heterocycles. The number of aromatic nitrogens is 3. The first kappa shape index (κ1) is 19.8. The first-order chi connectivity index (χ1) is 14.0. The third-order valence-electron chi connectivity index (χ3n) is 5.39. The number of rotatable bonds is 7. The maximum absolute atomic E-state index is 13.0. The van der Waals surface area contributed by atoms with Gasteiger partial charge in [0.05, 0.1) is 16.4 Å². The fraction of sp³-hybridized carbons (Fsp3) is 0.556. The molecule has 1 N–H and O–H groups in total. The van der Waals surface area contributed by atoms with E-state index in [9.17, 15) is 18.5 Å². The standard InChI is InChI=1S/C18H24N6O4S/c25-24(26)17-11-15(29(27,28)22-9-3-1-2-4-10-22)7-8-16(17)19-12-18-21-20-13-23(18)14-5-6-14/h7-8,11,13-14,19H,1-6,9-10,12H2. The van der Waals surface area contributed by atoms with Crippen LogP contribution in [0.4, 0.5) is 11.4 Å². The molecule has 0 unspecified atom stereocenters. The van der Waals surface area contributed by atoms with Gasteiger partial charge in [-0.25, -0.2) is 8.42 Å². The maximum atomic E-state index is 13.0. The Kier molecular flexibility index (Phi) is 5.50. The van der Waals surface area contributed by atoms with E-state index in [1.165, 1.54) is 16.4 Å². The van der Waals surface area contributed by atoms with Crippen molar-refractivity contribution in [3.05, 3.63) is 40.5 Å². The van der Waals surface area contributed by atoms with Crippen molar-refractivity contribution < 1.29 is 13.3 Å². The van der Waals surface area contributed by atoms with E-state index in [0.29, 0.717) is 25.0 Å². The van der Waals surface area contributed by atoms with Gasteiger partial charge in [-0.15, -0.1) is 10.2 Å². The van der Waals surface area contributed by atoms with E-state index in [1.807, 2.05) is 4.57 Å². The van der Waals surface area contributed by atoms with Crippen molar-refractivity contribution in [2.45, 2.75) is 56.0 Å². The number of nitro groups is 1. The van der Waals surface area contributed by atoms with Gasteiger partial charge in [-0.2, -0.15) is 4.31 Å². The molecule has 1 aromatic carbocycles.